The van der Waals surface area contributed by atoms with Gasteiger partial charge < -0.3 is 9.47 Å². The Balaban J connectivity index is 2.13. The maximum absolute atomic E-state index is 12.5. The molecule has 1 heterocycles. The van der Waals surface area contributed by atoms with Crippen LogP contribution >= 0.6 is 0 Å². The fraction of sp³-hybridized carbons (Fsp3) is 0.562. The fourth-order valence-corrected chi connectivity index (χ4v) is 2.98. The lowest BCUT2D eigenvalue weighted by atomic mass is 9.84. The molecule has 1 aromatic rings. The van der Waals surface area contributed by atoms with Gasteiger partial charge in [-0.3, -0.25) is 4.79 Å². The highest BCUT2D eigenvalue weighted by Gasteiger charge is 2.41. The van der Waals surface area contributed by atoms with Gasteiger partial charge in [0.15, 0.2) is 0 Å². The Hall–Kier alpha value is -1.35. The molecule has 0 saturated carbocycles. The summed E-state index contributed by atoms with van der Waals surface area (Å²) in [5.41, 5.74) is 0.953. The summed E-state index contributed by atoms with van der Waals surface area (Å²) in [7, 11) is 1.63. The summed E-state index contributed by atoms with van der Waals surface area (Å²) in [6.45, 7) is 6.13. The van der Waals surface area contributed by atoms with Gasteiger partial charge in [-0.15, -0.1) is 0 Å². The van der Waals surface area contributed by atoms with Gasteiger partial charge in [-0.1, -0.05) is 25.1 Å². The Kier molecular flexibility index (Phi) is 4.25. The molecule has 1 fully saturated rings. The zero-order valence-corrected chi connectivity index (χ0v) is 12.1. The summed E-state index contributed by atoms with van der Waals surface area (Å²) in [4.78, 5) is 12.5. The van der Waals surface area contributed by atoms with Crippen molar-refractivity contribution in [2.75, 3.05) is 7.11 Å². The van der Waals surface area contributed by atoms with E-state index in [2.05, 4.69) is 6.92 Å². The van der Waals surface area contributed by atoms with Gasteiger partial charge in [0.25, 0.3) is 0 Å². The first kappa shape index (κ1) is 14.1. The van der Waals surface area contributed by atoms with E-state index in [0.29, 0.717) is 6.42 Å². The third-order valence-corrected chi connectivity index (χ3v) is 4.17. The number of rotatable bonds is 4. The maximum atomic E-state index is 12.5. The Morgan fingerprint density at radius 2 is 1.89 bits per heavy atom. The van der Waals surface area contributed by atoms with Crippen molar-refractivity contribution in [3.63, 3.8) is 0 Å². The van der Waals surface area contributed by atoms with E-state index in [4.69, 9.17) is 9.47 Å². The maximum Gasteiger partial charge on any atom is 0.143 e. The van der Waals surface area contributed by atoms with Crippen LogP contribution in [0.2, 0.25) is 0 Å². The van der Waals surface area contributed by atoms with Gasteiger partial charge >= 0.3 is 0 Å². The molecule has 2 rings (SSSR count). The molecule has 1 aliphatic heterocycles. The van der Waals surface area contributed by atoms with Crippen LogP contribution in [0.15, 0.2) is 24.3 Å². The molecule has 104 valence electrons. The Morgan fingerprint density at radius 1 is 1.21 bits per heavy atom. The Morgan fingerprint density at radius 3 is 2.47 bits per heavy atom. The van der Waals surface area contributed by atoms with Crippen LogP contribution in [-0.2, 0) is 16.0 Å². The topological polar surface area (TPSA) is 35.5 Å². The van der Waals surface area contributed by atoms with Crippen LogP contribution in [0.5, 0.6) is 5.75 Å². The van der Waals surface area contributed by atoms with Crippen molar-refractivity contribution in [2.24, 2.45) is 11.8 Å². The molecule has 0 aliphatic carbocycles. The molecule has 1 aromatic carbocycles. The second-order valence-electron chi connectivity index (χ2n) is 5.39. The molecule has 0 N–H and O–H groups in total. The highest BCUT2D eigenvalue weighted by atomic mass is 16.5. The van der Waals surface area contributed by atoms with Crippen molar-refractivity contribution < 1.29 is 14.3 Å². The number of ketones is 1. The van der Waals surface area contributed by atoms with Crippen molar-refractivity contribution in [1.29, 1.82) is 0 Å². The van der Waals surface area contributed by atoms with Gasteiger partial charge in [-0.2, -0.15) is 0 Å². The number of para-hydroxylation sites is 1. The van der Waals surface area contributed by atoms with Crippen LogP contribution in [0.3, 0.4) is 0 Å². The molecule has 3 heteroatoms. The number of hydrogen-bond donors (Lipinski definition) is 0. The molecule has 0 spiro atoms. The molecule has 0 aromatic heterocycles. The molecule has 19 heavy (non-hydrogen) atoms. The van der Waals surface area contributed by atoms with Gasteiger partial charge in [0.1, 0.15) is 11.5 Å². The molecule has 0 radical (unpaired) electrons. The van der Waals surface area contributed by atoms with Gasteiger partial charge in [-0.25, -0.2) is 0 Å². The predicted octanol–water partition coefficient (Wildman–Crippen LogP) is 2.87. The van der Waals surface area contributed by atoms with E-state index in [-0.39, 0.29) is 29.8 Å². The number of Topliss-reactive ketones (excluding diaryl/α,β-unsaturated/α-hetero) is 1. The summed E-state index contributed by atoms with van der Waals surface area (Å²) in [6, 6.07) is 7.69. The van der Waals surface area contributed by atoms with E-state index in [1.807, 2.05) is 38.1 Å². The Labute approximate surface area is 114 Å². The molecule has 0 amide bonds. The van der Waals surface area contributed by atoms with Crippen LogP contribution in [0.25, 0.3) is 0 Å². The van der Waals surface area contributed by atoms with Crippen molar-refractivity contribution in [1.82, 2.24) is 0 Å². The van der Waals surface area contributed by atoms with E-state index < -0.39 is 0 Å². The summed E-state index contributed by atoms with van der Waals surface area (Å²) < 4.78 is 11.0. The van der Waals surface area contributed by atoms with Crippen molar-refractivity contribution in [2.45, 2.75) is 39.4 Å². The molecular weight excluding hydrogens is 240 g/mol. The van der Waals surface area contributed by atoms with Crippen molar-refractivity contribution >= 4 is 5.78 Å². The summed E-state index contributed by atoms with van der Waals surface area (Å²) in [6.07, 6.45) is 0.577. The number of ether oxygens (including phenoxy) is 2. The Bertz CT molecular complexity index is 455. The van der Waals surface area contributed by atoms with E-state index >= 15 is 0 Å². The monoisotopic (exact) mass is 262 g/mol. The highest BCUT2D eigenvalue weighted by molar-refractivity contribution is 5.85. The highest BCUT2D eigenvalue weighted by Crippen LogP contribution is 2.34. The van der Waals surface area contributed by atoms with Crippen LogP contribution in [0.1, 0.15) is 26.3 Å². The number of methoxy groups -OCH3 is 1. The molecule has 1 aliphatic rings. The molecule has 1 saturated heterocycles. The second kappa shape index (κ2) is 5.74. The minimum Gasteiger partial charge on any atom is -0.496 e. The fourth-order valence-electron chi connectivity index (χ4n) is 2.98. The number of carbonyl (C=O) groups excluding carboxylic acids is 1. The molecule has 4 atom stereocenters. The average Bonchev–Trinajstić information content (AvgIpc) is 2.64. The smallest absolute Gasteiger partial charge is 0.143 e. The van der Waals surface area contributed by atoms with E-state index in [0.717, 1.165) is 11.3 Å². The number of benzene rings is 1. The third kappa shape index (κ3) is 2.81. The standard InChI is InChI=1S/C16H22O3/c1-10-11(2)19-12(3)16(10)14(17)9-13-7-5-6-8-15(13)18-4/h5-8,10-12,16H,9H2,1-4H3. The zero-order valence-electron chi connectivity index (χ0n) is 12.1. The number of carbonyl (C=O) groups is 1. The number of hydrogen-bond acceptors (Lipinski definition) is 3. The van der Waals surface area contributed by atoms with Gasteiger partial charge in [0.05, 0.1) is 19.3 Å². The normalized spacial score (nSPS) is 30.3. The third-order valence-electron chi connectivity index (χ3n) is 4.17. The summed E-state index contributed by atoms with van der Waals surface area (Å²) in [5, 5.41) is 0. The zero-order chi connectivity index (χ0) is 14.0. The van der Waals surface area contributed by atoms with E-state index in [1.54, 1.807) is 7.11 Å². The first-order chi connectivity index (χ1) is 9.04. The SMILES string of the molecule is COc1ccccc1CC(=O)C1C(C)OC(C)C1C. The quantitative estimate of drug-likeness (QED) is 0.837. The van der Waals surface area contributed by atoms with Crippen molar-refractivity contribution in [3.8, 4) is 5.75 Å². The van der Waals surface area contributed by atoms with Crippen LogP contribution in [0.4, 0.5) is 0 Å². The van der Waals surface area contributed by atoms with Gasteiger partial charge in [-0.05, 0) is 25.8 Å². The minimum atomic E-state index is -0.0140. The predicted molar refractivity (Wildman–Crippen MR) is 74.4 cm³/mol. The first-order valence-electron chi connectivity index (χ1n) is 6.84. The summed E-state index contributed by atoms with van der Waals surface area (Å²) in [5.74, 6) is 1.29. The largest absolute Gasteiger partial charge is 0.496 e. The lowest BCUT2D eigenvalue weighted by Gasteiger charge is -2.17. The van der Waals surface area contributed by atoms with E-state index in [1.165, 1.54) is 0 Å². The first-order valence-corrected chi connectivity index (χ1v) is 6.84. The second-order valence-corrected chi connectivity index (χ2v) is 5.39. The molecule has 4 unspecified atom stereocenters. The molecular formula is C16H22O3. The van der Waals surface area contributed by atoms with Crippen molar-refractivity contribution in [3.05, 3.63) is 29.8 Å². The molecule has 0 bridgehead atoms. The summed E-state index contributed by atoms with van der Waals surface area (Å²) >= 11 is 0. The lowest BCUT2D eigenvalue weighted by molar-refractivity contribution is -0.124. The van der Waals surface area contributed by atoms with Gasteiger partial charge in [0.2, 0.25) is 0 Å². The van der Waals surface area contributed by atoms with Crippen LogP contribution in [-0.4, -0.2) is 25.1 Å². The van der Waals surface area contributed by atoms with Crippen LogP contribution < -0.4 is 4.74 Å². The van der Waals surface area contributed by atoms with Gasteiger partial charge in [0, 0.05) is 17.9 Å². The minimum absolute atomic E-state index is 0.00667. The average molecular weight is 262 g/mol. The lowest BCUT2D eigenvalue weighted by Crippen LogP contribution is -2.28. The molecule has 3 nitrogen and oxygen atoms in total. The van der Waals surface area contributed by atoms with Crippen LogP contribution in [0, 0.1) is 11.8 Å². The van der Waals surface area contributed by atoms with E-state index in [9.17, 15) is 4.79 Å².